The molecule has 1 aromatic rings. The van der Waals surface area contributed by atoms with E-state index in [4.69, 9.17) is 11.6 Å². The second kappa shape index (κ2) is 7.39. The number of piperazine rings is 1. The van der Waals surface area contributed by atoms with Crippen LogP contribution in [0.2, 0.25) is 5.02 Å². The normalized spacial score (nSPS) is 18.9. The third-order valence-electron chi connectivity index (χ3n) is 4.34. The van der Waals surface area contributed by atoms with Crippen LogP contribution in [-0.2, 0) is 4.79 Å². The van der Waals surface area contributed by atoms with Crippen LogP contribution < -0.4 is 0 Å². The minimum Gasteiger partial charge on any atom is -0.300 e. The Morgan fingerprint density at radius 3 is 2.19 bits per heavy atom. The SMILES string of the molecule is CC(=O)[C@H](CN1CCN(C(C)C)CC1)c1ccc(Cl)cc1. The molecular weight excluding hydrogens is 284 g/mol. The average Bonchev–Trinajstić information content (AvgIpc) is 2.46. The second-order valence-corrected chi connectivity index (χ2v) is 6.58. The number of ketones is 1. The molecule has 0 aromatic heterocycles. The van der Waals surface area contributed by atoms with Gasteiger partial charge in [-0.1, -0.05) is 23.7 Å². The molecule has 1 saturated heterocycles. The lowest BCUT2D eigenvalue weighted by Gasteiger charge is -2.38. The van der Waals surface area contributed by atoms with Crippen molar-refractivity contribution in [2.45, 2.75) is 32.7 Å². The predicted octanol–water partition coefficient (Wildman–Crippen LogP) is 3.04. The number of halogens is 1. The summed E-state index contributed by atoms with van der Waals surface area (Å²) >= 11 is 5.93. The maximum absolute atomic E-state index is 12.0. The lowest BCUT2D eigenvalue weighted by molar-refractivity contribution is -0.119. The lowest BCUT2D eigenvalue weighted by Crippen LogP contribution is -2.50. The van der Waals surface area contributed by atoms with Crippen LogP contribution in [0, 0.1) is 0 Å². The van der Waals surface area contributed by atoms with Gasteiger partial charge in [0.25, 0.3) is 0 Å². The maximum Gasteiger partial charge on any atom is 0.138 e. The van der Waals surface area contributed by atoms with E-state index in [1.165, 1.54) is 0 Å². The zero-order valence-electron chi connectivity index (χ0n) is 13.2. The Labute approximate surface area is 132 Å². The van der Waals surface area contributed by atoms with Gasteiger partial charge in [-0.05, 0) is 38.5 Å². The summed E-state index contributed by atoms with van der Waals surface area (Å²) in [6.07, 6.45) is 0. The van der Waals surface area contributed by atoms with Gasteiger partial charge in [0.15, 0.2) is 0 Å². The Morgan fingerprint density at radius 2 is 1.71 bits per heavy atom. The molecule has 0 radical (unpaired) electrons. The van der Waals surface area contributed by atoms with Crippen LogP contribution in [0.25, 0.3) is 0 Å². The fourth-order valence-corrected chi connectivity index (χ4v) is 3.01. The van der Waals surface area contributed by atoms with Gasteiger partial charge in [-0.3, -0.25) is 14.6 Å². The molecule has 0 spiro atoms. The fraction of sp³-hybridized carbons (Fsp3) is 0.588. The minimum atomic E-state index is -0.0483. The molecule has 1 aliphatic rings. The maximum atomic E-state index is 12.0. The molecule has 0 amide bonds. The van der Waals surface area contributed by atoms with Crippen LogP contribution in [0.1, 0.15) is 32.3 Å². The standard InChI is InChI=1S/C17H25ClN2O/c1-13(2)20-10-8-19(9-11-20)12-17(14(3)21)15-4-6-16(18)7-5-15/h4-7,13,17H,8-12H2,1-3H3/t17-/m0/s1. The molecule has 1 fully saturated rings. The van der Waals surface area contributed by atoms with Gasteiger partial charge in [-0.25, -0.2) is 0 Å². The van der Waals surface area contributed by atoms with Crippen molar-refractivity contribution in [1.82, 2.24) is 9.80 Å². The second-order valence-electron chi connectivity index (χ2n) is 6.15. The van der Waals surface area contributed by atoms with E-state index in [1.807, 2.05) is 24.3 Å². The summed E-state index contributed by atoms with van der Waals surface area (Å²) in [6, 6.07) is 8.27. The van der Waals surface area contributed by atoms with Crippen molar-refractivity contribution in [2.24, 2.45) is 0 Å². The van der Waals surface area contributed by atoms with Crippen molar-refractivity contribution in [2.75, 3.05) is 32.7 Å². The summed E-state index contributed by atoms with van der Waals surface area (Å²) in [7, 11) is 0. The molecule has 21 heavy (non-hydrogen) atoms. The Hall–Kier alpha value is -0.900. The first-order chi connectivity index (χ1) is 9.97. The first-order valence-corrected chi connectivity index (χ1v) is 8.07. The summed E-state index contributed by atoms with van der Waals surface area (Å²) in [4.78, 5) is 16.9. The van der Waals surface area contributed by atoms with Gasteiger partial charge in [0, 0.05) is 43.8 Å². The highest BCUT2D eigenvalue weighted by Crippen LogP contribution is 2.21. The van der Waals surface area contributed by atoms with Crippen molar-refractivity contribution in [3.05, 3.63) is 34.9 Å². The van der Waals surface area contributed by atoms with Crippen LogP contribution in [0.5, 0.6) is 0 Å². The third-order valence-corrected chi connectivity index (χ3v) is 4.59. The van der Waals surface area contributed by atoms with Crippen LogP contribution >= 0.6 is 11.6 Å². The predicted molar refractivity (Wildman–Crippen MR) is 88.0 cm³/mol. The summed E-state index contributed by atoms with van der Waals surface area (Å²) in [5.74, 6) is 0.177. The molecule has 1 heterocycles. The number of nitrogens with zero attached hydrogens (tertiary/aromatic N) is 2. The molecule has 1 atom stereocenters. The van der Waals surface area contributed by atoms with Gasteiger partial charge < -0.3 is 0 Å². The van der Waals surface area contributed by atoms with Gasteiger partial charge >= 0.3 is 0 Å². The number of Topliss-reactive ketones (excluding diaryl/α,β-unsaturated/α-hetero) is 1. The van der Waals surface area contributed by atoms with Crippen LogP contribution in [0.3, 0.4) is 0 Å². The van der Waals surface area contributed by atoms with Gasteiger partial charge in [0.2, 0.25) is 0 Å². The minimum absolute atomic E-state index is 0.0483. The number of hydrogen-bond donors (Lipinski definition) is 0. The molecule has 1 aromatic carbocycles. The van der Waals surface area contributed by atoms with Crippen LogP contribution in [0.4, 0.5) is 0 Å². The molecule has 4 heteroatoms. The average molecular weight is 309 g/mol. The van der Waals surface area contributed by atoms with Gasteiger partial charge in [-0.2, -0.15) is 0 Å². The first-order valence-electron chi connectivity index (χ1n) is 7.69. The number of carbonyl (C=O) groups is 1. The Bertz CT molecular complexity index is 464. The zero-order valence-corrected chi connectivity index (χ0v) is 13.9. The molecule has 0 bridgehead atoms. The molecule has 0 N–H and O–H groups in total. The number of hydrogen-bond acceptors (Lipinski definition) is 3. The van der Waals surface area contributed by atoms with E-state index < -0.39 is 0 Å². The van der Waals surface area contributed by atoms with E-state index in [0.29, 0.717) is 11.1 Å². The summed E-state index contributed by atoms with van der Waals surface area (Å²) in [5.41, 5.74) is 1.07. The van der Waals surface area contributed by atoms with Crippen molar-refractivity contribution in [3.63, 3.8) is 0 Å². The molecule has 2 rings (SSSR count). The van der Waals surface area contributed by atoms with Gasteiger partial charge in [0.05, 0.1) is 5.92 Å². The van der Waals surface area contributed by atoms with E-state index in [0.717, 1.165) is 38.3 Å². The van der Waals surface area contributed by atoms with Crippen molar-refractivity contribution < 1.29 is 4.79 Å². The van der Waals surface area contributed by atoms with E-state index >= 15 is 0 Å². The van der Waals surface area contributed by atoms with E-state index in [-0.39, 0.29) is 11.7 Å². The highest BCUT2D eigenvalue weighted by molar-refractivity contribution is 6.30. The van der Waals surface area contributed by atoms with Crippen LogP contribution in [-0.4, -0.2) is 54.3 Å². The van der Waals surface area contributed by atoms with E-state index in [1.54, 1.807) is 6.92 Å². The highest BCUT2D eigenvalue weighted by atomic mass is 35.5. The largest absolute Gasteiger partial charge is 0.300 e. The summed E-state index contributed by atoms with van der Waals surface area (Å²) in [6.45, 7) is 11.2. The van der Waals surface area contributed by atoms with E-state index in [2.05, 4.69) is 23.6 Å². The fourth-order valence-electron chi connectivity index (χ4n) is 2.88. The Morgan fingerprint density at radius 1 is 1.14 bits per heavy atom. The molecule has 0 saturated carbocycles. The quantitative estimate of drug-likeness (QED) is 0.835. The van der Waals surface area contributed by atoms with Gasteiger partial charge in [0.1, 0.15) is 5.78 Å². The van der Waals surface area contributed by atoms with E-state index in [9.17, 15) is 4.79 Å². The van der Waals surface area contributed by atoms with Crippen molar-refractivity contribution >= 4 is 17.4 Å². The Kier molecular flexibility index (Phi) is 5.80. The summed E-state index contributed by atoms with van der Waals surface area (Å²) < 4.78 is 0. The van der Waals surface area contributed by atoms with Crippen LogP contribution in [0.15, 0.2) is 24.3 Å². The number of carbonyl (C=O) groups excluding carboxylic acids is 1. The van der Waals surface area contributed by atoms with Crippen molar-refractivity contribution in [1.29, 1.82) is 0 Å². The molecule has 3 nitrogen and oxygen atoms in total. The number of benzene rings is 1. The first kappa shape index (κ1) is 16.5. The highest BCUT2D eigenvalue weighted by Gasteiger charge is 2.24. The smallest absolute Gasteiger partial charge is 0.138 e. The molecule has 116 valence electrons. The molecular formula is C17H25ClN2O. The topological polar surface area (TPSA) is 23.6 Å². The third kappa shape index (κ3) is 4.53. The monoisotopic (exact) mass is 308 g/mol. The Balaban J connectivity index is 1.98. The molecule has 0 aliphatic carbocycles. The zero-order chi connectivity index (χ0) is 15.4. The van der Waals surface area contributed by atoms with Crippen molar-refractivity contribution in [3.8, 4) is 0 Å². The molecule has 1 aliphatic heterocycles. The summed E-state index contributed by atoms with van der Waals surface area (Å²) in [5, 5.41) is 0.714. The van der Waals surface area contributed by atoms with Gasteiger partial charge in [-0.15, -0.1) is 0 Å². The molecule has 0 unspecified atom stereocenters. The number of rotatable bonds is 5. The lowest BCUT2D eigenvalue weighted by atomic mass is 9.94.